The smallest absolute Gasteiger partial charge is 0.269 e. The maximum Gasteiger partial charge on any atom is 0.269 e. The Morgan fingerprint density at radius 3 is 2.55 bits per heavy atom. The van der Waals surface area contributed by atoms with E-state index in [1.54, 1.807) is 12.1 Å². The van der Waals surface area contributed by atoms with E-state index in [9.17, 15) is 19.7 Å². The zero-order valence-corrected chi connectivity index (χ0v) is 12.7. The number of likely N-dealkylation sites (N-methyl/N-ethyl adjacent to an activating group) is 1. The summed E-state index contributed by atoms with van der Waals surface area (Å²) in [5.41, 5.74) is 0.887. The molecule has 7 nitrogen and oxygen atoms in total. The van der Waals surface area contributed by atoms with Crippen molar-refractivity contribution in [3.05, 3.63) is 39.9 Å². The molecule has 1 atom stereocenters. The number of nitro groups is 1. The third-order valence-corrected chi connectivity index (χ3v) is 4.06. The fourth-order valence-corrected chi connectivity index (χ4v) is 2.48. The molecule has 0 bridgehead atoms. The number of likely N-dealkylation sites (tertiary alicyclic amines) is 1. The van der Waals surface area contributed by atoms with E-state index < -0.39 is 4.92 Å². The van der Waals surface area contributed by atoms with Crippen molar-refractivity contribution in [2.45, 2.75) is 25.8 Å². The first kappa shape index (κ1) is 16.1. The third-order valence-electron chi connectivity index (χ3n) is 4.06. The summed E-state index contributed by atoms with van der Waals surface area (Å²) in [6, 6.07) is 6.45. The van der Waals surface area contributed by atoms with Gasteiger partial charge in [-0.05, 0) is 19.5 Å². The lowest BCUT2D eigenvalue weighted by Gasteiger charge is -2.26. The number of hydrogen-bond donors (Lipinski definition) is 0. The molecule has 22 heavy (non-hydrogen) atoms. The number of non-ortho nitro benzene ring substituents is 1. The van der Waals surface area contributed by atoms with Crippen LogP contribution in [0, 0.1) is 10.1 Å². The van der Waals surface area contributed by atoms with Gasteiger partial charge in [0.2, 0.25) is 11.8 Å². The normalized spacial score (nSPS) is 16.4. The number of hydrogen-bond acceptors (Lipinski definition) is 5. The number of nitrogens with zero attached hydrogens (tertiary/aromatic N) is 3. The van der Waals surface area contributed by atoms with Gasteiger partial charge in [0, 0.05) is 44.1 Å². The van der Waals surface area contributed by atoms with Gasteiger partial charge in [-0.3, -0.25) is 29.5 Å². The molecule has 0 aliphatic carbocycles. The number of benzene rings is 1. The van der Waals surface area contributed by atoms with Crippen LogP contribution >= 0.6 is 0 Å². The number of nitro benzene ring substituents is 1. The first-order chi connectivity index (χ1) is 10.4. The van der Waals surface area contributed by atoms with Crippen molar-refractivity contribution in [3.63, 3.8) is 0 Å². The number of carbonyl (C=O) groups is 2. The van der Waals surface area contributed by atoms with Crippen LogP contribution in [0.2, 0.25) is 0 Å². The largest absolute Gasteiger partial charge is 0.298 e. The molecule has 1 aromatic rings. The lowest BCUT2D eigenvalue weighted by atomic mass is 10.1. The zero-order valence-electron chi connectivity index (χ0n) is 12.7. The molecule has 118 valence electrons. The highest BCUT2D eigenvalue weighted by Crippen LogP contribution is 2.23. The lowest BCUT2D eigenvalue weighted by molar-refractivity contribution is -0.384. The number of rotatable bonds is 6. The molecule has 1 heterocycles. The molecular weight excluding hydrogens is 286 g/mol. The molecule has 1 aliphatic rings. The van der Waals surface area contributed by atoms with E-state index in [2.05, 4.69) is 0 Å². The van der Waals surface area contributed by atoms with Crippen molar-refractivity contribution in [1.82, 2.24) is 9.80 Å². The van der Waals surface area contributed by atoms with Gasteiger partial charge in [0.05, 0.1) is 4.92 Å². The van der Waals surface area contributed by atoms with Crippen LogP contribution in [0.4, 0.5) is 5.69 Å². The first-order valence-electron chi connectivity index (χ1n) is 7.18. The molecule has 1 saturated heterocycles. The van der Waals surface area contributed by atoms with Crippen LogP contribution in [0.1, 0.15) is 31.4 Å². The summed E-state index contributed by atoms with van der Waals surface area (Å²) in [6.45, 7) is 2.82. The van der Waals surface area contributed by atoms with Gasteiger partial charge in [-0.2, -0.15) is 0 Å². The molecule has 1 aliphatic heterocycles. The van der Waals surface area contributed by atoms with Gasteiger partial charge in [-0.15, -0.1) is 0 Å². The van der Waals surface area contributed by atoms with Gasteiger partial charge in [-0.1, -0.05) is 12.1 Å². The van der Waals surface area contributed by atoms with Crippen molar-refractivity contribution < 1.29 is 14.5 Å². The van der Waals surface area contributed by atoms with Crippen molar-refractivity contribution >= 4 is 17.5 Å². The van der Waals surface area contributed by atoms with Crippen molar-refractivity contribution in [3.8, 4) is 0 Å². The van der Waals surface area contributed by atoms with E-state index in [-0.39, 0.29) is 23.5 Å². The minimum atomic E-state index is -0.419. The number of carbonyl (C=O) groups excluding carboxylic acids is 2. The van der Waals surface area contributed by atoms with Crippen molar-refractivity contribution in [1.29, 1.82) is 0 Å². The minimum absolute atomic E-state index is 0.0484. The first-order valence-corrected chi connectivity index (χ1v) is 7.18. The van der Waals surface area contributed by atoms with Crippen LogP contribution in [0.3, 0.4) is 0 Å². The van der Waals surface area contributed by atoms with Crippen LogP contribution in [-0.4, -0.2) is 46.7 Å². The van der Waals surface area contributed by atoms with Gasteiger partial charge in [0.15, 0.2) is 0 Å². The van der Waals surface area contributed by atoms with Crippen LogP contribution in [0.15, 0.2) is 24.3 Å². The lowest BCUT2D eigenvalue weighted by Crippen LogP contribution is -2.37. The quantitative estimate of drug-likeness (QED) is 0.454. The average molecular weight is 305 g/mol. The van der Waals surface area contributed by atoms with E-state index in [1.165, 1.54) is 11.0 Å². The Hall–Kier alpha value is -2.28. The van der Waals surface area contributed by atoms with Gasteiger partial charge in [0.25, 0.3) is 5.69 Å². The van der Waals surface area contributed by atoms with Crippen molar-refractivity contribution in [2.24, 2.45) is 0 Å². The third kappa shape index (κ3) is 3.48. The monoisotopic (exact) mass is 305 g/mol. The SMILES string of the molecule is C[C@H](c1cccc([N+](=O)[O-])c1)N(C)CCN1C(=O)CCC1=O. The molecule has 0 unspecified atom stereocenters. The molecule has 0 radical (unpaired) electrons. The van der Waals surface area contributed by atoms with E-state index in [1.807, 2.05) is 24.9 Å². The summed E-state index contributed by atoms with van der Waals surface area (Å²) in [6.07, 6.45) is 0.589. The maximum atomic E-state index is 11.6. The Bertz CT molecular complexity index is 586. The average Bonchev–Trinajstić information content (AvgIpc) is 2.83. The second-order valence-electron chi connectivity index (χ2n) is 5.45. The summed E-state index contributed by atoms with van der Waals surface area (Å²) in [7, 11) is 1.87. The minimum Gasteiger partial charge on any atom is -0.298 e. The fourth-order valence-electron chi connectivity index (χ4n) is 2.48. The fraction of sp³-hybridized carbons (Fsp3) is 0.467. The predicted molar refractivity (Wildman–Crippen MR) is 80.1 cm³/mol. The van der Waals surface area contributed by atoms with Crippen LogP contribution in [0.25, 0.3) is 0 Å². The Morgan fingerprint density at radius 1 is 1.32 bits per heavy atom. The molecule has 0 aromatic heterocycles. The van der Waals surface area contributed by atoms with Gasteiger partial charge < -0.3 is 0 Å². The number of imide groups is 1. The van der Waals surface area contributed by atoms with Crippen LogP contribution < -0.4 is 0 Å². The summed E-state index contributed by atoms with van der Waals surface area (Å²) in [5, 5.41) is 10.8. The molecular formula is C15H19N3O4. The summed E-state index contributed by atoms with van der Waals surface area (Å²) in [4.78, 5) is 36.8. The molecule has 0 spiro atoms. The maximum absolute atomic E-state index is 11.6. The number of amides is 2. The van der Waals surface area contributed by atoms with E-state index >= 15 is 0 Å². The summed E-state index contributed by atoms with van der Waals surface area (Å²) < 4.78 is 0. The molecule has 2 amide bonds. The second kappa shape index (κ2) is 6.65. The van der Waals surface area contributed by atoms with Crippen molar-refractivity contribution in [2.75, 3.05) is 20.1 Å². The highest BCUT2D eigenvalue weighted by atomic mass is 16.6. The van der Waals surface area contributed by atoms with Gasteiger partial charge in [-0.25, -0.2) is 0 Å². The highest BCUT2D eigenvalue weighted by Gasteiger charge is 2.28. The summed E-state index contributed by atoms with van der Waals surface area (Å²) in [5.74, 6) is -0.247. The van der Waals surface area contributed by atoms with Crippen LogP contribution in [0.5, 0.6) is 0 Å². The molecule has 0 N–H and O–H groups in total. The molecule has 0 saturated carbocycles. The Morgan fingerprint density at radius 2 is 1.95 bits per heavy atom. The van der Waals surface area contributed by atoms with E-state index in [4.69, 9.17) is 0 Å². The van der Waals surface area contributed by atoms with E-state index in [0.717, 1.165) is 5.56 Å². The Balaban J connectivity index is 1.98. The Labute approximate surface area is 128 Å². The molecule has 1 aromatic carbocycles. The highest BCUT2D eigenvalue weighted by molar-refractivity contribution is 6.01. The zero-order chi connectivity index (χ0) is 16.3. The van der Waals surface area contributed by atoms with Gasteiger partial charge >= 0.3 is 0 Å². The molecule has 7 heteroatoms. The summed E-state index contributed by atoms with van der Waals surface area (Å²) >= 11 is 0. The Kier molecular flexibility index (Phi) is 4.87. The standard InChI is InChI=1S/C15H19N3O4/c1-11(12-4-3-5-13(10-12)18(21)22)16(2)8-9-17-14(19)6-7-15(17)20/h3-5,10-11H,6-9H2,1-2H3/t11-/m1/s1. The van der Waals surface area contributed by atoms with Crippen LogP contribution in [-0.2, 0) is 9.59 Å². The molecule has 1 fully saturated rings. The van der Waals surface area contributed by atoms with Gasteiger partial charge in [0.1, 0.15) is 0 Å². The topological polar surface area (TPSA) is 83.8 Å². The predicted octanol–water partition coefficient (Wildman–Crippen LogP) is 1.74. The second-order valence-corrected chi connectivity index (χ2v) is 5.45. The van der Waals surface area contributed by atoms with E-state index in [0.29, 0.717) is 25.9 Å². The molecule has 2 rings (SSSR count).